The predicted octanol–water partition coefficient (Wildman–Crippen LogP) is 3.57. The van der Waals surface area contributed by atoms with Crippen LogP contribution in [0.3, 0.4) is 0 Å². The van der Waals surface area contributed by atoms with E-state index in [-0.39, 0.29) is 18.2 Å². The summed E-state index contributed by atoms with van der Waals surface area (Å²) in [5.74, 6) is 0.314. The summed E-state index contributed by atoms with van der Waals surface area (Å²) >= 11 is 1.63. The second-order valence-corrected chi connectivity index (χ2v) is 8.85. The lowest BCUT2D eigenvalue weighted by molar-refractivity contribution is -0.138. The van der Waals surface area contributed by atoms with E-state index >= 15 is 0 Å². The van der Waals surface area contributed by atoms with Crippen molar-refractivity contribution < 1.29 is 14.1 Å². The van der Waals surface area contributed by atoms with Crippen molar-refractivity contribution in [1.29, 1.82) is 0 Å². The Labute approximate surface area is 185 Å². The van der Waals surface area contributed by atoms with Gasteiger partial charge in [0.15, 0.2) is 0 Å². The van der Waals surface area contributed by atoms with E-state index in [2.05, 4.69) is 34.5 Å². The zero-order valence-corrected chi connectivity index (χ0v) is 18.8. The summed E-state index contributed by atoms with van der Waals surface area (Å²) in [5.41, 5.74) is 6.98. The molecule has 2 amide bonds. The van der Waals surface area contributed by atoms with Gasteiger partial charge in [0.2, 0.25) is 11.8 Å². The van der Waals surface area contributed by atoms with Crippen LogP contribution in [-0.2, 0) is 22.6 Å². The fraction of sp³-hybridized carbons (Fsp3) is 0.391. The molecule has 3 heterocycles. The van der Waals surface area contributed by atoms with E-state index < -0.39 is 6.04 Å². The SMILES string of the molecule is Cc1cc(CC(=O)N2CCC[C@H]2C(=O)NCc2ccc(-c3scnc3C)c(C)c2)on1. The van der Waals surface area contributed by atoms with Crippen LogP contribution in [0.5, 0.6) is 0 Å². The average molecular weight is 439 g/mol. The molecule has 0 aliphatic carbocycles. The second-order valence-electron chi connectivity index (χ2n) is 7.99. The molecule has 1 N–H and O–H groups in total. The molecule has 1 aliphatic heterocycles. The summed E-state index contributed by atoms with van der Waals surface area (Å²) in [4.78, 5) is 32.7. The smallest absolute Gasteiger partial charge is 0.243 e. The van der Waals surface area contributed by atoms with Gasteiger partial charge in [-0.25, -0.2) is 4.98 Å². The molecular formula is C23H26N4O3S. The lowest BCUT2D eigenvalue weighted by Gasteiger charge is -2.23. The number of benzene rings is 1. The van der Waals surface area contributed by atoms with E-state index in [4.69, 9.17) is 4.52 Å². The number of aryl methyl sites for hydroxylation is 3. The van der Waals surface area contributed by atoms with Gasteiger partial charge in [0.25, 0.3) is 0 Å². The molecule has 0 saturated carbocycles. The van der Waals surface area contributed by atoms with Gasteiger partial charge in [0.05, 0.1) is 28.2 Å². The number of carbonyl (C=O) groups excluding carboxylic acids is 2. The Hall–Kier alpha value is -3.00. The quantitative estimate of drug-likeness (QED) is 0.636. The van der Waals surface area contributed by atoms with Gasteiger partial charge in [0.1, 0.15) is 11.8 Å². The first-order chi connectivity index (χ1) is 14.9. The van der Waals surface area contributed by atoms with Crippen LogP contribution in [0, 0.1) is 20.8 Å². The molecule has 1 aliphatic rings. The second kappa shape index (κ2) is 9.01. The number of aromatic nitrogens is 2. The molecule has 0 bridgehead atoms. The minimum atomic E-state index is -0.434. The Morgan fingerprint density at radius 3 is 2.77 bits per heavy atom. The van der Waals surface area contributed by atoms with E-state index in [0.717, 1.165) is 28.9 Å². The predicted molar refractivity (Wildman–Crippen MR) is 119 cm³/mol. The number of hydrogen-bond acceptors (Lipinski definition) is 6. The van der Waals surface area contributed by atoms with E-state index in [1.54, 1.807) is 22.3 Å². The number of thiazole rings is 1. The maximum absolute atomic E-state index is 12.8. The molecule has 0 unspecified atom stereocenters. The highest BCUT2D eigenvalue weighted by Gasteiger charge is 2.34. The van der Waals surface area contributed by atoms with E-state index in [0.29, 0.717) is 25.3 Å². The third kappa shape index (κ3) is 4.69. The van der Waals surface area contributed by atoms with Crippen molar-refractivity contribution >= 4 is 23.2 Å². The van der Waals surface area contributed by atoms with Gasteiger partial charge < -0.3 is 14.7 Å². The molecule has 2 aromatic heterocycles. The standard InChI is InChI=1S/C23H26N4O3S/c1-14-9-17(6-7-19(14)22-16(3)25-13-31-22)12-24-23(29)20-5-4-8-27(20)21(28)11-18-10-15(2)26-30-18/h6-7,9-10,13,20H,4-5,8,11-12H2,1-3H3,(H,24,29)/t20-/m0/s1. The van der Waals surface area contributed by atoms with Crippen molar-refractivity contribution in [1.82, 2.24) is 20.4 Å². The van der Waals surface area contributed by atoms with Crippen molar-refractivity contribution in [2.45, 2.75) is 52.6 Å². The molecule has 1 aromatic carbocycles. The van der Waals surface area contributed by atoms with Crippen LogP contribution in [0.15, 0.2) is 34.3 Å². The van der Waals surface area contributed by atoms with Crippen LogP contribution in [0.25, 0.3) is 10.4 Å². The van der Waals surface area contributed by atoms with Crippen LogP contribution in [0.1, 0.15) is 41.1 Å². The maximum Gasteiger partial charge on any atom is 0.243 e. The van der Waals surface area contributed by atoms with Crippen molar-refractivity contribution in [3.8, 4) is 10.4 Å². The molecule has 3 aromatic rings. The van der Waals surface area contributed by atoms with Gasteiger partial charge in [-0.3, -0.25) is 9.59 Å². The monoisotopic (exact) mass is 438 g/mol. The molecule has 0 spiro atoms. The van der Waals surface area contributed by atoms with Crippen molar-refractivity contribution in [3.63, 3.8) is 0 Å². The molecule has 1 atom stereocenters. The molecule has 1 saturated heterocycles. The number of carbonyl (C=O) groups is 2. The number of amides is 2. The minimum Gasteiger partial charge on any atom is -0.361 e. The van der Waals surface area contributed by atoms with Crippen LogP contribution < -0.4 is 5.32 Å². The van der Waals surface area contributed by atoms with Crippen molar-refractivity contribution in [2.75, 3.05) is 6.54 Å². The van der Waals surface area contributed by atoms with Crippen LogP contribution in [0.2, 0.25) is 0 Å². The van der Waals surface area contributed by atoms with E-state index in [1.165, 1.54) is 10.4 Å². The molecule has 162 valence electrons. The normalized spacial score (nSPS) is 16.0. The third-order valence-electron chi connectivity index (χ3n) is 5.63. The molecule has 0 radical (unpaired) electrons. The molecule has 4 rings (SSSR count). The Kier molecular flexibility index (Phi) is 6.18. The first-order valence-corrected chi connectivity index (χ1v) is 11.3. The van der Waals surface area contributed by atoms with E-state index in [9.17, 15) is 9.59 Å². The Balaban J connectivity index is 1.37. The third-order valence-corrected chi connectivity index (χ3v) is 6.59. The van der Waals surface area contributed by atoms with Crippen molar-refractivity contribution in [2.24, 2.45) is 0 Å². The number of rotatable bonds is 6. The fourth-order valence-electron chi connectivity index (χ4n) is 4.05. The number of likely N-dealkylation sites (tertiary alicyclic amines) is 1. The molecular weight excluding hydrogens is 412 g/mol. The highest BCUT2D eigenvalue weighted by Crippen LogP contribution is 2.30. The zero-order valence-electron chi connectivity index (χ0n) is 18.0. The molecule has 7 nitrogen and oxygen atoms in total. The molecule has 1 fully saturated rings. The fourth-order valence-corrected chi connectivity index (χ4v) is 4.94. The van der Waals surface area contributed by atoms with Crippen LogP contribution in [-0.4, -0.2) is 39.4 Å². The van der Waals surface area contributed by atoms with Gasteiger partial charge in [-0.15, -0.1) is 11.3 Å². The van der Waals surface area contributed by atoms with Gasteiger partial charge in [0, 0.05) is 19.2 Å². The lowest BCUT2D eigenvalue weighted by atomic mass is 10.0. The highest BCUT2D eigenvalue weighted by molar-refractivity contribution is 7.13. The topological polar surface area (TPSA) is 88.3 Å². The molecule has 8 heteroatoms. The van der Waals surface area contributed by atoms with Gasteiger partial charge >= 0.3 is 0 Å². The Morgan fingerprint density at radius 2 is 2.10 bits per heavy atom. The summed E-state index contributed by atoms with van der Waals surface area (Å²) in [6.07, 6.45) is 1.62. The zero-order chi connectivity index (χ0) is 22.0. The Bertz CT molecular complexity index is 1100. The van der Waals surface area contributed by atoms with Gasteiger partial charge in [-0.05, 0) is 50.3 Å². The summed E-state index contributed by atoms with van der Waals surface area (Å²) in [7, 11) is 0. The summed E-state index contributed by atoms with van der Waals surface area (Å²) in [5, 5.41) is 6.83. The van der Waals surface area contributed by atoms with Crippen LogP contribution in [0.4, 0.5) is 0 Å². The minimum absolute atomic E-state index is 0.103. The maximum atomic E-state index is 12.8. The first kappa shape index (κ1) is 21.2. The van der Waals surface area contributed by atoms with Gasteiger partial charge in [-0.1, -0.05) is 23.4 Å². The number of nitrogens with zero attached hydrogens (tertiary/aromatic N) is 3. The van der Waals surface area contributed by atoms with E-state index in [1.807, 2.05) is 25.4 Å². The van der Waals surface area contributed by atoms with Gasteiger partial charge in [-0.2, -0.15) is 0 Å². The largest absolute Gasteiger partial charge is 0.361 e. The number of hydrogen-bond donors (Lipinski definition) is 1. The lowest BCUT2D eigenvalue weighted by Crippen LogP contribution is -2.46. The summed E-state index contributed by atoms with van der Waals surface area (Å²) < 4.78 is 5.15. The molecule has 31 heavy (non-hydrogen) atoms. The number of nitrogens with one attached hydrogen (secondary N) is 1. The van der Waals surface area contributed by atoms with Crippen molar-refractivity contribution in [3.05, 3.63) is 58.1 Å². The average Bonchev–Trinajstić information content (AvgIpc) is 3.48. The Morgan fingerprint density at radius 1 is 1.26 bits per heavy atom. The highest BCUT2D eigenvalue weighted by atomic mass is 32.1. The summed E-state index contributed by atoms with van der Waals surface area (Å²) in [6.45, 7) is 6.92. The first-order valence-electron chi connectivity index (χ1n) is 10.4. The summed E-state index contributed by atoms with van der Waals surface area (Å²) in [6, 6.07) is 7.53. The van der Waals surface area contributed by atoms with Crippen LogP contribution >= 0.6 is 11.3 Å².